The van der Waals surface area contributed by atoms with Crippen LogP contribution in [0.1, 0.15) is 40.2 Å². The number of nitrogens with two attached hydrogens (primary N) is 1. The third-order valence-electron chi connectivity index (χ3n) is 3.13. The Labute approximate surface area is 160 Å². The number of amides is 1. The van der Waals surface area contributed by atoms with Gasteiger partial charge in [-0.1, -0.05) is 24.3 Å². The molecule has 1 aliphatic rings. The number of carbonyl (C=O) groups is 1. The number of hydrogen-bond acceptors (Lipinski definition) is 4. The summed E-state index contributed by atoms with van der Waals surface area (Å²) in [4.78, 5) is 13.2. The number of rotatable bonds is 1. The maximum atomic E-state index is 11.7. The predicted molar refractivity (Wildman–Crippen MR) is 92.3 cm³/mol. The molecule has 1 fully saturated rings. The summed E-state index contributed by atoms with van der Waals surface area (Å²) in [5.74, 6) is 0. The van der Waals surface area contributed by atoms with E-state index in [0.717, 1.165) is 12.1 Å². The van der Waals surface area contributed by atoms with Gasteiger partial charge in [0.15, 0.2) is 0 Å². The van der Waals surface area contributed by atoms with Crippen LogP contribution in [0.5, 0.6) is 0 Å². The van der Waals surface area contributed by atoms with E-state index in [1.807, 2.05) is 58.9 Å². The van der Waals surface area contributed by atoms with Crippen LogP contribution in [-0.2, 0) is 37.0 Å². The molecule has 0 unspecified atom stereocenters. The van der Waals surface area contributed by atoms with Crippen molar-refractivity contribution in [2.45, 2.75) is 52.4 Å². The molecule has 1 aliphatic heterocycles. The summed E-state index contributed by atoms with van der Waals surface area (Å²) < 4.78 is 10.6. The van der Waals surface area contributed by atoms with Gasteiger partial charge < -0.3 is 27.0 Å². The average molecular weight is 504 g/mol. The van der Waals surface area contributed by atoms with E-state index < -0.39 is 11.3 Å². The molecule has 24 heavy (non-hydrogen) atoms. The van der Waals surface area contributed by atoms with E-state index in [1.54, 1.807) is 6.54 Å². The van der Waals surface area contributed by atoms with Gasteiger partial charge >= 0.3 is 27.2 Å². The first-order valence-electron chi connectivity index (χ1n) is 7.68. The molecule has 2 N–H and O–H groups in total. The van der Waals surface area contributed by atoms with E-state index in [9.17, 15) is 4.79 Å². The van der Waals surface area contributed by atoms with Crippen LogP contribution in [0, 0.1) is 13.5 Å². The van der Waals surface area contributed by atoms with Crippen molar-refractivity contribution >= 4 is 11.8 Å². The summed E-state index contributed by atoms with van der Waals surface area (Å²) in [6.07, 6.45) is 0.473. The number of anilines is 1. The van der Waals surface area contributed by atoms with E-state index in [2.05, 4.69) is 6.92 Å². The first-order chi connectivity index (χ1) is 10.5. The molecular weight excluding hydrogens is 476 g/mol. The second-order valence-corrected chi connectivity index (χ2v) is 6.78. The van der Waals surface area contributed by atoms with Crippen LogP contribution in [0.4, 0.5) is 10.5 Å². The maximum absolute atomic E-state index is 11.7. The van der Waals surface area contributed by atoms with Gasteiger partial charge in [0.1, 0.15) is 11.3 Å². The maximum Gasteiger partial charge on any atom is 2.00 e. The van der Waals surface area contributed by atoms with Crippen molar-refractivity contribution in [1.82, 2.24) is 4.90 Å². The molecule has 0 atom stereocenters. The molecule has 0 bridgehead atoms. The standard InChI is InChI=1S/C10H18NO3.C8H10N.W/c1-9(2,3)14-8(12)11-6-7-13-10(11,4)5;1-2-7-3-5-8(9)6-4-7;/h6H,7H2,1-5H3;3-6H,1-2,9H2;/q2*-1;+2. The minimum Gasteiger partial charge on any atom is -0.445 e. The smallest absolute Gasteiger partial charge is 0.445 e. The van der Waals surface area contributed by atoms with Crippen molar-refractivity contribution < 1.29 is 35.3 Å². The quantitative estimate of drug-likeness (QED) is 0.467. The van der Waals surface area contributed by atoms with Crippen molar-refractivity contribution in [3.63, 3.8) is 0 Å². The Kier molecular flexibility index (Phi) is 9.01. The van der Waals surface area contributed by atoms with Crippen molar-refractivity contribution in [3.05, 3.63) is 43.3 Å². The number of nitrogen functional groups attached to an aromatic ring is 1. The molecule has 0 aromatic heterocycles. The second-order valence-electron chi connectivity index (χ2n) is 6.78. The van der Waals surface area contributed by atoms with Gasteiger partial charge in [-0.3, -0.25) is 0 Å². The van der Waals surface area contributed by atoms with Gasteiger partial charge in [-0.25, -0.2) is 11.3 Å². The molecule has 0 spiro atoms. The van der Waals surface area contributed by atoms with Gasteiger partial charge in [-0.05, 0) is 46.8 Å². The predicted octanol–water partition coefficient (Wildman–Crippen LogP) is 3.79. The molecule has 1 amide bonds. The summed E-state index contributed by atoms with van der Waals surface area (Å²) >= 11 is 0. The first-order valence-corrected chi connectivity index (χ1v) is 7.68. The van der Waals surface area contributed by atoms with E-state index in [1.165, 1.54) is 10.5 Å². The number of ether oxygens (including phenoxy) is 2. The summed E-state index contributed by atoms with van der Waals surface area (Å²) in [5, 5.41) is 0. The minimum absolute atomic E-state index is 0. The Morgan fingerprint density at radius 2 is 1.92 bits per heavy atom. The monoisotopic (exact) mass is 504 g/mol. The van der Waals surface area contributed by atoms with Crippen LogP contribution in [0.25, 0.3) is 0 Å². The Hall–Kier alpha value is -1.06. The first kappa shape index (κ1) is 22.9. The van der Waals surface area contributed by atoms with Gasteiger partial charge in [0.05, 0.1) is 0 Å². The van der Waals surface area contributed by atoms with Crippen LogP contribution in [0.15, 0.2) is 24.3 Å². The Balaban J connectivity index is 0.000000460. The number of hydrogen-bond donors (Lipinski definition) is 1. The fraction of sp³-hybridized carbons (Fsp3) is 0.500. The molecule has 134 valence electrons. The molecule has 0 radical (unpaired) electrons. The average Bonchev–Trinajstić information content (AvgIpc) is 2.78. The van der Waals surface area contributed by atoms with Gasteiger partial charge in [0.25, 0.3) is 0 Å². The van der Waals surface area contributed by atoms with Crippen LogP contribution in [-0.4, -0.2) is 28.9 Å². The Bertz CT molecular complexity index is 510. The Morgan fingerprint density at radius 3 is 2.29 bits per heavy atom. The van der Waals surface area contributed by atoms with E-state index >= 15 is 0 Å². The summed E-state index contributed by atoms with van der Waals surface area (Å²) in [5.41, 5.74) is 6.44. The third kappa shape index (κ3) is 7.67. The molecule has 0 saturated carbocycles. The fourth-order valence-corrected chi connectivity index (χ4v) is 1.89. The van der Waals surface area contributed by atoms with Gasteiger partial charge in [0, 0.05) is 5.69 Å². The van der Waals surface area contributed by atoms with Crippen LogP contribution in [0.2, 0.25) is 0 Å². The van der Waals surface area contributed by atoms with Crippen LogP contribution in [0.3, 0.4) is 0 Å². The van der Waals surface area contributed by atoms with Crippen molar-refractivity contribution in [3.8, 4) is 0 Å². The van der Waals surface area contributed by atoms with Crippen LogP contribution < -0.4 is 5.73 Å². The second kappa shape index (κ2) is 9.43. The molecule has 1 aromatic carbocycles. The topological polar surface area (TPSA) is 64.8 Å². The van der Waals surface area contributed by atoms with Gasteiger partial charge in [-0.2, -0.15) is 6.42 Å². The molecule has 1 saturated heterocycles. The van der Waals surface area contributed by atoms with Crippen molar-refractivity contribution in [1.29, 1.82) is 0 Å². The fourth-order valence-electron chi connectivity index (χ4n) is 1.89. The van der Waals surface area contributed by atoms with Crippen molar-refractivity contribution in [2.24, 2.45) is 0 Å². The van der Waals surface area contributed by atoms with E-state index in [-0.39, 0.29) is 27.2 Å². The molecule has 2 rings (SSSR count). The largest absolute Gasteiger partial charge is 2.00 e. The van der Waals surface area contributed by atoms with E-state index in [4.69, 9.17) is 15.2 Å². The number of carbonyl (C=O) groups excluding carboxylic acids is 1. The Morgan fingerprint density at radius 1 is 1.38 bits per heavy atom. The summed E-state index contributed by atoms with van der Waals surface area (Å²) in [6.45, 7) is 15.1. The molecule has 1 aromatic rings. The van der Waals surface area contributed by atoms with E-state index in [0.29, 0.717) is 6.61 Å². The summed E-state index contributed by atoms with van der Waals surface area (Å²) in [6, 6.07) is 7.76. The van der Waals surface area contributed by atoms with Crippen LogP contribution >= 0.6 is 0 Å². The van der Waals surface area contributed by atoms with Crippen molar-refractivity contribution in [2.75, 3.05) is 12.3 Å². The van der Waals surface area contributed by atoms with Gasteiger partial charge in [0.2, 0.25) is 0 Å². The number of benzene rings is 1. The SMILES string of the molecule is CC(C)(C)OC(=O)N1[CH-]COC1(C)C.[CH2-]Cc1ccc(N)cc1.[W+2]. The molecule has 0 aliphatic carbocycles. The summed E-state index contributed by atoms with van der Waals surface area (Å²) in [7, 11) is 0. The third-order valence-corrected chi connectivity index (χ3v) is 3.13. The zero-order chi connectivity index (χ0) is 17.7. The normalized spacial score (nSPS) is 15.8. The molecule has 1 heterocycles. The van der Waals surface area contributed by atoms with Gasteiger partial charge in [-0.15, -0.1) is 0 Å². The zero-order valence-corrected chi connectivity index (χ0v) is 18.1. The molecule has 5 nitrogen and oxygen atoms in total. The zero-order valence-electron chi connectivity index (χ0n) is 15.2. The molecule has 6 heteroatoms. The minimum atomic E-state index is -0.595. The number of nitrogens with zero attached hydrogens (tertiary/aromatic N) is 1. The molecular formula is C18H28N2O3W.